The number of rotatable bonds is 19. The lowest BCUT2D eigenvalue weighted by Crippen LogP contribution is -2.32. The molecular formula is C34H49N7O2S. The summed E-state index contributed by atoms with van der Waals surface area (Å²) in [5.74, 6) is 1.79. The maximum absolute atomic E-state index is 13.8. The number of benzene rings is 2. The first-order valence-electron chi connectivity index (χ1n) is 15.9. The Morgan fingerprint density at radius 3 is 1.95 bits per heavy atom. The zero-order valence-electron chi connectivity index (χ0n) is 26.7. The van der Waals surface area contributed by atoms with Gasteiger partial charge in [-0.2, -0.15) is 4.31 Å². The highest BCUT2D eigenvalue weighted by atomic mass is 32.2. The normalized spacial score (nSPS) is 12.9. The number of hydrogen-bond donors (Lipinski definition) is 2. The van der Waals surface area contributed by atoms with Gasteiger partial charge in [0.15, 0.2) is 0 Å². The van der Waals surface area contributed by atoms with Crippen molar-refractivity contribution < 1.29 is 8.42 Å². The number of hydrogen-bond acceptors (Lipinski definition) is 6. The fraction of sp³-hybridized carbons (Fsp3) is 0.471. The van der Waals surface area contributed by atoms with Crippen LogP contribution < -0.4 is 0 Å². The summed E-state index contributed by atoms with van der Waals surface area (Å²) in [7, 11) is -3.64. The van der Waals surface area contributed by atoms with Crippen LogP contribution in [0.4, 0.5) is 0 Å². The smallest absolute Gasteiger partial charge is 0.243 e. The molecule has 44 heavy (non-hydrogen) atoms. The van der Waals surface area contributed by atoms with Crippen molar-refractivity contribution in [2.45, 2.75) is 83.9 Å². The second kappa shape index (κ2) is 16.7. The van der Waals surface area contributed by atoms with Gasteiger partial charge >= 0.3 is 0 Å². The molecule has 2 N–H and O–H groups in total. The van der Waals surface area contributed by atoms with E-state index in [9.17, 15) is 8.42 Å². The molecule has 4 aromatic rings. The van der Waals surface area contributed by atoms with E-state index < -0.39 is 10.0 Å². The molecule has 2 aromatic heterocycles. The number of aromatic nitrogens is 4. The van der Waals surface area contributed by atoms with E-state index in [-0.39, 0.29) is 6.04 Å². The summed E-state index contributed by atoms with van der Waals surface area (Å²) in [6, 6.07) is 15.5. The molecule has 2 aromatic carbocycles. The van der Waals surface area contributed by atoms with Crippen LogP contribution in [0.25, 0.3) is 0 Å². The quantitative estimate of drug-likeness (QED) is 0.120. The van der Waals surface area contributed by atoms with Crippen LogP contribution in [-0.2, 0) is 29.7 Å². The molecule has 0 aliphatic heterocycles. The average Bonchev–Trinajstić information content (AvgIpc) is 3.74. The largest absolute Gasteiger partial charge is 0.348 e. The lowest BCUT2D eigenvalue weighted by molar-refractivity contribution is 0.181. The van der Waals surface area contributed by atoms with Crippen molar-refractivity contribution in [3.05, 3.63) is 102 Å². The van der Waals surface area contributed by atoms with Gasteiger partial charge in [0.25, 0.3) is 0 Å². The van der Waals surface area contributed by atoms with Crippen molar-refractivity contribution >= 4 is 10.0 Å². The fourth-order valence-corrected chi connectivity index (χ4v) is 6.98. The second-order valence-corrected chi connectivity index (χ2v) is 13.5. The fourth-order valence-electron chi connectivity index (χ4n) is 5.51. The molecule has 10 heteroatoms. The molecule has 0 bridgehead atoms. The van der Waals surface area contributed by atoms with E-state index in [1.54, 1.807) is 28.8 Å². The van der Waals surface area contributed by atoms with Gasteiger partial charge < -0.3 is 14.9 Å². The van der Waals surface area contributed by atoms with E-state index in [2.05, 4.69) is 74.8 Å². The molecule has 0 saturated heterocycles. The van der Waals surface area contributed by atoms with Gasteiger partial charge in [0.2, 0.25) is 10.0 Å². The number of sulfonamides is 1. The Bertz CT molecular complexity index is 1450. The van der Waals surface area contributed by atoms with Gasteiger partial charge in [-0.25, -0.2) is 18.4 Å². The van der Waals surface area contributed by atoms with Crippen LogP contribution in [0.3, 0.4) is 0 Å². The van der Waals surface area contributed by atoms with E-state index in [0.717, 1.165) is 73.7 Å². The van der Waals surface area contributed by atoms with E-state index >= 15 is 0 Å². The van der Waals surface area contributed by atoms with Crippen molar-refractivity contribution in [1.82, 2.24) is 34.0 Å². The highest BCUT2D eigenvalue weighted by Gasteiger charge is 2.25. The first-order chi connectivity index (χ1) is 21.3. The van der Waals surface area contributed by atoms with Crippen LogP contribution in [0.2, 0.25) is 0 Å². The highest BCUT2D eigenvalue weighted by Crippen LogP contribution is 2.23. The van der Waals surface area contributed by atoms with E-state index in [1.165, 1.54) is 0 Å². The van der Waals surface area contributed by atoms with Crippen LogP contribution in [0.1, 0.15) is 80.8 Å². The maximum atomic E-state index is 13.8. The summed E-state index contributed by atoms with van der Waals surface area (Å²) in [6.07, 6.45) is 11.3. The first kappa shape index (κ1) is 33.6. The summed E-state index contributed by atoms with van der Waals surface area (Å²) in [5.41, 5.74) is 3.15. The number of nitrogens with zero attached hydrogens (tertiary/aromatic N) is 5. The summed E-state index contributed by atoms with van der Waals surface area (Å²) >= 11 is 0. The molecule has 2 heterocycles. The molecular weight excluding hydrogens is 570 g/mol. The molecule has 238 valence electrons. The van der Waals surface area contributed by atoms with Crippen molar-refractivity contribution in [2.75, 3.05) is 26.2 Å². The van der Waals surface area contributed by atoms with Gasteiger partial charge in [-0.15, -0.1) is 0 Å². The third-order valence-electron chi connectivity index (χ3n) is 8.01. The van der Waals surface area contributed by atoms with Crippen LogP contribution in [0.5, 0.6) is 0 Å². The van der Waals surface area contributed by atoms with Crippen LogP contribution in [-0.4, -0.2) is 68.6 Å². The van der Waals surface area contributed by atoms with E-state index in [0.29, 0.717) is 31.1 Å². The lowest BCUT2D eigenvalue weighted by atomic mass is 10.1. The molecule has 4 rings (SSSR count). The molecule has 0 amide bonds. The Morgan fingerprint density at radius 2 is 1.36 bits per heavy atom. The van der Waals surface area contributed by atoms with Gasteiger partial charge in [-0.05, 0) is 82.4 Å². The van der Waals surface area contributed by atoms with Crippen molar-refractivity contribution in [3.8, 4) is 0 Å². The molecule has 0 spiro atoms. The summed E-state index contributed by atoms with van der Waals surface area (Å²) in [6.45, 7) is 13.9. The predicted octanol–water partition coefficient (Wildman–Crippen LogP) is 6.30. The third kappa shape index (κ3) is 9.59. The standard InChI is InChI=1S/C34H49N7O2S/c1-5-21-39(22-6-2)23-7-8-24-41(44(42,43)32-15-9-28(3)10-16-32)26-31-13-11-30(12-14-31)25-40(27-33-35-17-18-36-33)29(4)34-37-19-20-38-34/h9-20,29H,5-8,21-27H2,1-4H3,(H,35,36)(H,37,38). The molecule has 0 radical (unpaired) electrons. The Morgan fingerprint density at radius 1 is 0.750 bits per heavy atom. The van der Waals surface area contributed by atoms with Crippen molar-refractivity contribution in [1.29, 1.82) is 0 Å². The maximum Gasteiger partial charge on any atom is 0.243 e. The summed E-state index contributed by atoms with van der Waals surface area (Å²) in [4.78, 5) is 20.5. The topological polar surface area (TPSA) is 101 Å². The molecule has 0 aliphatic rings. The van der Waals surface area contributed by atoms with Crippen molar-refractivity contribution in [2.24, 2.45) is 0 Å². The monoisotopic (exact) mass is 619 g/mol. The Labute approximate surface area is 263 Å². The minimum atomic E-state index is -3.64. The lowest BCUT2D eigenvalue weighted by Gasteiger charge is -2.27. The number of H-pyrrole nitrogens is 2. The molecule has 0 saturated carbocycles. The van der Waals surface area contributed by atoms with Crippen LogP contribution in [0, 0.1) is 6.92 Å². The number of unbranched alkanes of at least 4 members (excludes halogenated alkanes) is 1. The number of aryl methyl sites for hydroxylation is 1. The van der Waals surface area contributed by atoms with E-state index in [4.69, 9.17) is 0 Å². The minimum Gasteiger partial charge on any atom is -0.348 e. The summed E-state index contributed by atoms with van der Waals surface area (Å²) in [5, 5.41) is 0. The molecule has 0 fully saturated rings. The van der Waals surface area contributed by atoms with Crippen LogP contribution in [0.15, 0.2) is 78.2 Å². The first-order valence-corrected chi connectivity index (χ1v) is 17.3. The second-order valence-electron chi connectivity index (χ2n) is 11.6. The van der Waals surface area contributed by atoms with Gasteiger partial charge in [0.05, 0.1) is 17.5 Å². The van der Waals surface area contributed by atoms with Gasteiger partial charge in [0.1, 0.15) is 11.6 Å². The van der Waals surface area contributed by atoms with Gasteiger partial charge in [0, 0.05) is 44.4 Å². The molecule has 9 nitrogen and oxygen atoms in total. The Hall–Kier alpha value is -3.31. The average molecular weight is 620 g/mol. The SMILES string of the molecule is CCCN(CCC)CCCCN(Cc1ccc(CN(Cc2ncc[nH]2)C(C)c2ncc[nH]2)cc1)S(=O)(=O)c1ccc(C)cc1. The van der Waals surface area contributed by atoms with E-state index in [1.807, 2.05) is 31.5 Å². The number of imidazole rings is 2. The zero-order chi connectivity index (χ0) is 31.4. The van der Waals surface area contributed by atoms with Crippen molar-refractivity contribution in [3.63, 3.8) is 0 Å². The molecule has 0 aliphatic carbocycles. The minimum absolute atomic E-state index is 0.0514. The Kier molecular flexibility index (Phi) is 12.7. The van der Waals surface area contributed by atoms with Gasteiger partial charge in [-0.1, -0.05) is 55.8 Å². The number of aromatic amines is 2. The highest BCUT2D eigenvalue weighted by molar-refractivity contribution is 7.89. The predicted molar refractivity (Wildman–Crippen MR) is 176 cm³/mol. The summed E-state index contributed by atoms with van der Waals surface area (Å²) < 4.78 is 29.3. The number of nitrogens with one attached hydrogen (secondary N) is 2. The molecule has 1 atom stereocenters. The molecule has 1 unspecified atom stereocenters. The van der Waals surface area contributed by atoms with Crippen LogP contribution >= 0.6 is 0 Å². The third-order valence-corrected chi connectivity index (χ3v) is 9.87. The zero-order valence-corrected chi connectivity index (χ0v) is 27.6. The Balaban J connectivity index is 1.47. The van der Waals surface area contributed by atoms with Gasteiger partial charge in [-0.3, -0.25) is 4.90 Å².